The number of hydrogen-bond donors (Lipinski definition) is 2. The first-order valence-corrected chi connectivity index (χ1v) is 7.37. The number of nitrogens with one attached hydrogen (secondary N) is 1. The third kappa shape index (κ3) is 3.82. The molecule has 0 bridgehead atoms. The maximum atomic E-state index is 11.6. The van der Waals surface area contributed by atoms with Gasteiger partial charge in [0, 0.05) is 12.2 Å². The van der Waals surface area contributed by atoms with Crippen molar-refractivity contribution in [2.45, 2.75) is 66.0 Å². The van der Waals surface area contributed by atoms with Gasteiger partial charge in [0.25, 0.3) is 0 Å². The lowest BCUT2D eigenvalue weighted by molar-refractivity contribution is -0.124. The molecular formula is C15H28N4O. The fourth-order valence-electron chi connectivity index (χ4n) is 2.29. The average molecular weight is 280 g/mol. The van der Waals surface area contributed by atoms with Gasteiger partial charge in [-0.2, -0.15) is 5.10 Å². The third-order valence-electron chi connectivity index (χ3n) is 4.10. The van der Waals surface area contributed by atoms with E-state index in [0.717, 1.165) is 38.0 Å². The highest BCUT2D eigenvalue weighted by Crippen LogP contribution is 2.16. The second kappa shape index (κ2) is 6.88. The molecule has 0 radical (unpaired) electrons. The molecule has 1 aromatic rings. The van der Waals surface area contributed by atoms with Gasteiger partial charge in [0.1, 0.15) is 0 Å². The van der Waals surface area contributed by atoms with E-state index in [0.29, 0.717) is 0 Å². The van der Waals surface area contributed by atoms with Crippen molar-refractivity contribution in [2.75, 3.05) is 6.54 Å². The molecule has 0 saturated heterocycles. The Bertz CT molecular complexity index is 467. The van der Waals surface area contributed by atoms with Crippen LogP contribution in [0.25, 0.3) is 0 Å². The van der Waals surface area contributed by atoms with Crippen LogP contribution in [0.5, 0.6) is 0 Å². The van der Waals surface area contributed by atoms with Crippen LogP contribution in [-0.4, -0.2) is 27.8 Å². The summed E-state index contributed by atoms with van der Waals surface area (Å²) in [4.78, 5) is 11.6. The standard InChI is InChI=1S/C15H28N4O/c1-6-9-17-15(5,14(16)20)8-7-10-19-13(4)11(2)12(3)18-19/h17H,6-10H2,1-5H3,(H2,16,20). The highest BCUT2D eigenvalue weighted by Gasteiger charge is 2.29. The lowest BCUT2D eigenvalue weighted by Crippen LogP contribution is -2.53. The fraction of sp³-hybridized carbons (Fsp3) is 0.733. The lowest BCUT2D eigenvalue weighted by atomic mass is 9.94. The number of hydrogen-bond acceptors (Lipinski definition) is 3. The molecule has 0 saturated carbocycles. The van der Waals surface area contributed by atoms with E-state index >= 15 is 0 Å². The van der Waals surface area contributed by atoms with Crippen LogP contribution in [0.4, 0.5) is 0 Å². The maximum Gasteiger partial charge on any atom is 0.237 e. The monoisotopic (exact) mass is 280 g/mol. The molecule has 1 heterocycles. The summed E-state index contributed by atoms with van der Waals surface area (Å²) in [6.07, 6.45) is 2.58. The normalized spacial score (nSPS) is 14.2. The minimum atomic E-state index is -0.624. The molecule has 1 unspecified atom stereocenters. The van der Waals surface area contributed by atoms with Crippen LogP contribution in [-0.2, 0) is 11.3 Å². The van der Waals surface area contributed by atoms with E-state index in [1.165, 1.54) is 11.3 Å². The van der Waals surface area contributed by atoms with E-state index in [1.807, 2.05) is 18.5 Å². The van der Waals surface area contributed by atoms with Gasteiger partial charge in [0.2, 0.25) is 5.91 Å². The summed E-state index contributed by atoms with van der Waals surface area (Å²) in [5.41, 5.74) is 8.42. The van der Waals surface area contributed by atoms with Crippen molar-refractivity contribution in [1.29, 1.82) is 0 Å². The van der Waals surface area contributed by atoms with Gasteiger partial charge in [-0.05, 0) is 59.1 Å². The van der Waals surface area contributed by atoms with E-state index in [1.54, 1.807) is 0 Å². The first-order valence-electron chi connectivity index (χ1n) is 7.37. The molecule has 1 amide bonds. The SMILES string of the molecule is CCCNC(C)(CCCn1nc(C)c(C)c1C)C(N)=O. The van der Waals surface area contributed by atoms with Crippen LogP contribution < -0.4 is 11.1 Å². The van der Waals surface area contributed by atoms with Crippen LogP contribution in [0.3, 0.4) is 0 Å². The molecule has 5 heteroatoms. The Hall–Kier alpha value is -1.36. The number of primary amides is 1. The molecule has 0 fully saturated rings. The zero-order chi connectivity index (χ0) is 15.3. The minimum absolute atomic E-state index is 0.282. The number of amides is 1. The van der Waals surface area contributed by atoms with Crippen LogP contribution in [0.1, 0.15) is 50.1 Å². The molecule has 0 aliphatic rings. The van der Waals surface area contributed by atoms with Gasteiger partial charge < -0.3 is 11.1 Å². The van der Waals surface area contributed by atoms with Crippen molar-refractivity contribution in [2.24, 2.45) is 5.73 Å². The molecule has 114 valence electrons. The Morgan fingerprint density at radius 1 is 1.40 bits per heavy atom. The Kier molecular flexibility index (Phi) is 5.74. The Morgan fingerprint density at radius 3 is 2.50 bits per heavy atom. The van der Waals surface area contributed by atoms with Crippen molar-refractivity contribution in [3.8, 4) is 0 Å². The molecular weight excluding hydrogens is 252 g/mol. The molecule has 20 heavy (non-hydrogen) atoms. The Labute approximate surface area is 121 Å². The van der Waals surface area contributed by atoms with Gasteiger partial charge in [0.05, 0.1) is 11.2 Å². The zero-order valence-electron chi connectivity index (χ0n) is 13.4. The highest BCUT2D eigenvalue weighted by atomic mass is 16.1. The number of nitrogens with zero attached hydrogens (tertiary/aromatic N) is 2. The second-order valence-corrected chi connectivity index (χ2v) is 5.75. The topological polar surface area (TPSA) is 72.9 Å². The summed E-state index contributed by atoms with van der Waals surface area (Å²) in [5.74, 6) is -0.282. The summed E-state index contributed by atoms with van der Waals surface area (Å²) in [6, 6.07) is 0. The third-order valence-corrected chi connectivity index (χ3v) is 4.10. The van der Waals surface area contributed by atoms with Gasteiger partial charge >= 0.3 is 0 Å². The smallest absolute Gasteiger partial charge is 0.237 e. The first kappa shape index (κ1) is 16.7. The molecule has 5 nitrogen and oxygen atoms in total. The van der Waals surface area contributed by atoms with Crippen LogP contribution in [0, 0.1) is 20.8 Å². The van der Waals surface area contributed by atoms with E-state index in [-0.39, 0.29) is 5.91 Å². The van der Waals surface area contributed by atoms with Gasteiger partial charge in [0.15, 0.2) is 0 Å². The van der Waals surface area contributed by atoms with E-state index in [9.17, 15) is 4.79 Å². The van der Waals surface area contributed by atoms with Crippen molar-refractivity contribution in [3.05, 3.63) is 17.0 Å². The van der Waals surface area contributed by atoms with Crippen molar-refractivity contribution in [1.82, 2.24) is 15.1 Å². The summed E-state index contributed by atoms with van der Waals surface area (Å²) >= 11 is 0. The zero-order valence-corrected chi connectivity index (χ0v) is 13.4. The molecule has 0 spiro atoms. The van der Waals surface area contributed by atoms with E-state index < -0.39 is 5.54 Å². The predicted octanol–water partition coefficient (Wildman–Crippen LogP) is 1.83. The number of nitrogens with two attached hydrogens (primary N) is 1. The summed E-state index contributed by atoms with van der Waals surface area (Å²) < 4.78 is 2.02. The highest BCUT2D eigenvalue weighted by molar-refractivity contribution is 5.84. The molecule has 1 aromatic heterocycles. The first-order chi connectivity index (χ1) is 9.31. The van der Waals surface area contributed by atoms with Crippen LogP contribution >= 0.6 is 0 Å². The fourth-order valence-corrected chi connectivity index (χ4v) is 2.29. The summed E-state index contributed by atoms with van der Waals surface area (Å²) in [5, 5.41) is 7.77. The molecule has 0 aliphatic heterocycles. The van der Waals surface area contributed by atoms with Crippen LogP contribution in [0.2, 0.25) is 0 Å². The number of rotatable bonds is 8. The summed E-state index contributed by atoms with van der Waals surface area (Å²) in [6.45, 7) is 11.8. The largest absolute Gasteiger partial charge is 0.368 e. The number of aromatic nitrogens is 2. The Morgan fingerprint density at radius 2 is 2.05 bits per heavy atom. The maximum absolute atomic E-state index is 11.6. The minimum Gasteiger partial charge on any atom is -0.368 e. The second-order valence-electron chi connectivity index (χ2n) is 5.75. The van der Waals surface area contributed by atoms with E-state index in [4.69, 9.17) is 5.73 Å². The molecule has 1 atom stereocenters. The average Bonchev–Trinajstić information content (AvgIpc) is 2.64. The van der Waals surface area contributed by atoms with Gasteiger partial charge in [-0.25, -0.2) is 0 Å². The van der Waals surface area contributed by atoms with Crippen LogP contribution in [0.15, 0.2) is 0 Å². The number of carbonyl (C=O) groups excluding carboxylic acids is 1. The molecule has 0 aliphatic carbocycles. The van der Waals surface area contributed by atoms with E-state index in [2.05, 4.69) is 31.2 Å². The summed E-state index contributed by atoms with van der Waals surface area (Å²) in [7, 11) is 0. The van der Waals surface area contributed by atoms with Gasteiger partial charge in [-0.1, -0.05) is 6.92 Å². The number of aryl methyl sites for hydroxylation is 2. The van der Waals surface area contributed by atoms with Crippen molar-refractivity contribution < 1.29 is 4.79 Å². The predicted molar refractivity (Wildman–Crippen MR) is 81.6 cm³/mol. The van der Waals surface area contributed by atoms with Crippen molar-refractivity contribution in [3.63, 3.8) is 0 Å². The quantitative estimate of drug-likeness (QED) is 0.763. The number of carbonyl (C=O) groups is 1. The lowest BCUT2D eigenvalue weighted by Gasteiger charge is -2.27. The van der Waals surface area contributed by atoms with Gasteiger partial charge in [-0.15, -0.1) is 0 Å². The Balaban J connectivity index is 2.60. The van der Waals surface area contributed by atoms with Gasteiger partial charge in [-0.3, -0.25) is 9.48 Å². The molecule has 0 aromatic carbocycles. The molecule has 3 N–H and O–H groups in total. The molecule has 1 rings (SSSR count). The van der Waals surface area contributed by atoms with Crippen molar-refractivity contribution >= 4 is 5.91 Å².